The number of carbonyl (C=O) groups is 2. The molecule has 2 fully saturated rings. The van der Waals surface area contributed by atoms with E-state index < -0.39 is 23.8 Å². The monoisotopic (exact) mass is 281 g/mol. The van der Waals surface area contributed by atoms with E-state index in [0.717, 1.165) is 37.0 Å². The van der Waals surface area contributed by atoms with Crippen molar-refractivity contribution in [1.29, 1.82) is 0 Å². The maximum Gasteiger partial charge on any atom is 0.416 e. The van der Waals surface area contributed by atoms with Crippen LogP contribution in [0.5, 0.6) is 0 Å². The molecule has 2 heterocycles. The maximum atomic E-state index is 12.4. The number of esters is 1. The summed E-state index contributed by atoms with van der Waals surface area (Å²) >= 11 is 0. The zero-order valence-electron chi connectivity index (χ0n) is 11.4. The molecule has 2 unspecified atom stereocenters. The quantitative estimate of drug-likeness (QED) is 0.679. The lowest BCUT2D eigenvalue weighted by Gasteiger charge is -2.51. The van der Waals surface area contributed by atoms with Crippen LogP contribution in [0.25, 0.3) is 0 Å². The fourth-order valence-corrected chi connectivity index (χ4v) is 3.72. The third kappa shape index (κ3) is 1.74. The molecule has 3 aliphatic rings. The molecular weight excluding hydrogens is 262 g/mol. The predicted octanol–water partition coefficient (Wildman–Crippen LogP) is 1.39. The Labute approximate surface area is 117 Å². The first-order valence-corrected chi connectivity index (χ1v) is 7.04. The van der Waals surface area contributed by atoms with Crippen molar-refractivity contribution >= 4 is 12.1 Å². The molecule has 0 aromatic carbocycles. The highest BCUT2D eigenvalue weighted by atomic mass is 16.6. The van der Waals surface area contributed by atoms with Gasteiger partial charge in [-0.25, -0.2) is 9.69 Å². The third-order valence-electron chi connectivity index (χ3n) is 4.79. The number of aliphatic hydroxyl groups excluding tert-OH is 1. The minimum atomic E-state index is -0.975. The van der Waals surface area contributed by atoms with Crippen LogP contribution in [0.1, 0.15) is 32.1 Å². The van der Waals surface area contributed by atoms with Crippen molar-refractivity contribution in [1.82, 2.24) is 4.90 Å². The molecule has 1 saturated heterocycles. The fourth-order valence-electron chi connectivity index (χ4n) is 3.72. The van der Waals surface area contributed by atoms with E-state index >= 15 is 0 Å². The van der Waals surface area contributed by atoms with E-state index in [-0.39, 0.29) is 11.9 Å². The standard InChI is InChI=1S/C14H19NO5/c1-19-13(18)15-8-5-9-10(16)11(15)20-12(17)14(9)6-3-2-4-7-14/h5,8-11,16H,2-4,6-7H2,1H3/t9?,10-,11?/m0/s1. The lowest BCUT2D eigenvalue weighted by atomic mass is 9.62. The highest BCUT2D eigenvalue weighted by Gasteiger charge is 2.58. The van der Waals surface area contributed by atoms with E-state index in [9.17, 15) is 14.7 Å². The number of aliphatic hydroxyl groups is 1. The number of hydrogen-bond donors (Lipinski definition) is 1. The SMILES string of the molecule is COC(=O)N1C=CC2[C@H](O)C1OC(=O)C21CCCCC1. The number of fused-ring (bicyclic) bond motifs is 3. The predicted molar refractivity (Wildman–Crippen MR) is 68.3 cm³/mol. The second-order valence-electron chi connectivity index (χ2n) is 5.75. The van der Waals surface area contributed by atoms with Crippen molar-refractivity contribution in [3.8, 4) is 0 Å². The highest BCUT2D eigenvalue weighted by molar-refractivity contribution is 5.80. The Kier molecular flexibility index (Phi) is 3.20. The number of rotatable bonds is 0. The average molecular weight is 281 g/mol. The van der Waals surface area contributed by atoms with Crippen LogP contribution in [-0.2, 0) is 14.3 Å². The van der Waals surface area contributed by atoms with E-state index in [1.165, 1.54) is 7.11 Å². The summed E-state index contributed by atoms with van der Waals surface area (Å²) in [6, 6.07) is 0. The van der Waals surface area contributed by atoms with Crippen molar-refractivity contribution in [2.75, 3.05) is 7.11 Å². The Bertz CT molecular complexity index is 454. The van der Waals surface area contributed by atoms with Crippen molar-refractivity contribution in [2.45, 2.75) is 44.4 Å². The van der Waals surface area contributed by atoms with Crippen LogP contribution in [0.15, 0.2) is 12.3 Å². The molecule has 2 aliphatic heterocycles. The highest BCUT2D eigenvalue weighted by Crippen LogP contribution is 2.51. The molecule has 6 nitrogen and oxygen atoms in total. The Balaban J connectivity index is 1.95. The van der Waals surface area contributed by atoms with Gasteiger partial charge in [-0.15, -0.1) is 0 Å². The maximum absolute atomic E-state index is 12.4. The van der Waals surface area contributed by atoms with E-state index in [1.807, 2.05) is 0 Å². The second-order valence-corrected chi connectivity index (χ2v) is 5.75. The van der Waals surface area contributed by atoms with Crippen LogP contribution in [0.2, 0.25) is 0 Å². The molecule has 3 rings (SSSR count). The zero-order valence-corrected chi connectivity index (χ0v) is 11.4. The van der Waals surface area contributed by atoms with Crippen molar-refractivity contribution in [3.63, 3.8) is 0 Å². The normalized spacial score (nSPS) is 34.8. The number of hydrogen-bond acceptors (Lipinski definition) is 5. The van der Waals surface area contributed by atoms with Gasteiger partial charge in [0.1, 0.15) is 6.10 Å². The summed E-state index contributed by atoms with van der Waals surface area (Å²) < 4.78 is 10.0. The van der Waals surface area contributed by atoms with Gasteiger partial charge >= 0.3 is 12.1 Å². The van der Waals surface area contributed by atoms with E-state index in [4.69, 9.17) is 4.74 Å². The molecule has 1 aliphatic carbocycles. The van der Waals surface area contributed by atoms with Crippen molar-refractivity contribution in [2.24, 2.45) is 11.3 Å². The Morgan fingerprint density at radius 1 is 1.45 bits per heavy atom. The van der Waals surface area contributed by atoms with Gasteiger partial charge in [0.05, 0.1) is 12.5 Å². The summed E-state index contributed by atoms with van der Waals surface area (Å²) in [6.45, 7) is 0. The molecule has 1 N–H and O–H groups in total. The first kappa shape index (κ1) is 13.4. The molecule has 2 bridgehead atoms. The number of carbonyl (C=O) groups excluding carboxylic acids is 2. The van der Waals surface area contributed by atoms with E-state index in [0.29, 0.717) is 0 Å². The lowest BCUT2D eigenvalue weighted by Crippen LogP contribution is -2.63. The van der Waals surface area contributed by atoms with Gasteiger partial charge in [0.25, 0.3) is 0 Å². The molecule has 110 valence electrons. The van der Waals surface area contributed by atoms with Crippen LogP contribution >= 0.6 is 0 Å². The molecule has 0 aromatic heterocycles. The molecular formula is C14H19NO5. The van der Waals surface area contributed by atoms with Gasteiger partial charge in [-0.1, -0.05) is 25.3 Å². The van der Waals surface area contributed by atoms with Crippen LogP contribution < -0.4 is 0 Å². The molecule has 6 heteroatoms. The molecule has 1 saturated carbocycles. The first-order chi connectivity index (χ1) is 9.60. The minimum absolute atomic E-state index is 0.282. The van der Waals surface area contributed by atoms with E-state index in [2.05, 4.69) is 4.74 Å². The van der Waals surface area contributed by atoms with Gasteiger partial charge in [-0.05, 0) is 12.8 Å². The van der Waals surface area contributed by atoms with E-state index in [1.54, 1.807) is 12.3 Å². The third-order valence-corrected chi connectivity index (χ3v) is 4.79. The number of ether oxygens (including phenoxy) is 2. The Hall–Kier alpha value is -1.56. The van der Waals surface area contributed by atoms with Crippen LogP contribution in [-0.4, -0.2) is 41.5 Å². The summed E-state index contributed by atoms with van der Waals surface area (Å²) in [5.41, 5.74) is -0.618. The summed E-state index contributed by atoms with van der Waals surface area (Å²) in [7, 11) is 1.25. The Morgan fingerprint density at radius 2 is 2.15 bits per heavy atom. The van der Waals surface area contributed by atoms with Crippen molar-refractivity contribution < 1.29 is 24.2 Å². The van der Waals surface area contributed by atoms with Crippen LogP contribution in [0.4, 0.5) is 4.79 Å². The van der Waals surface area contributed by atoms with Crippen LogP contribution in [0.3, 0.4) is 0 Å². The topological polar surface area (TPSA) is 76.1 Å². The van der Waals surface area contributed by atoms with Gasteiger partial charge in [0, 0.05) is 12.1 Å². The lowest BCUT2D eigenvalue weighted by molar-refractivity contribution is -0.215. The summed E-state index contributed by atoms with van der Waals surface area (Å²) in [5, 5.41) is 10.5. The summed E-state index contributed by atoms with van der Waals surface area (Å²) in [6.07, 6.45) is 5.34. The number of methoxy groups -OCH3 is 1. The fraction of sp³-hybridized carbons (Fsp3) is 0.714. The first-order valence-electron chi connectivity index (χ1n) is 7.04. The second kappa shape index (κ2) is 4.77. The number of amides is 1. The van der Waals surface area contributed by atoms with Crippen LogP contribution in [0, 0.1) is 11.3 Å². The molecule has 1 amide bonds. The molecule has 0 aromatic rings. The summed E-state index contributed by atoms with van der Waals surface area (Å²) in [4.78, 5) is 25.2. The van der Waals surface area contributed by atoms with Crippen molar-refractivity contribution in [3.05, 3.63) is 12.3 Å². The minimum Gasteiger partial charge on any atom is -0.452 e. The largest absolute Gasteiger partial charge is 0.452 e. The molecule has 0 radical (unpaired) electrons. The number of nitrogens with zero attached hydrogens (tertiary/aromatic N) is 1. The molecule has 1 spiro atoms. The summed E-state index contributed by atoms with van der Waals surface area (Å²) in [5.74, 6) is -0.578. The van der Waals surface area contributed by atoms with Gasteiger partial charge in [-0.3, -0.25) is 4.79 Å². The molecule has 20 heavy (non-hydrogen) atoms. The van der Waals surface area contributed by atoms with Gasteiger partial charge in [0.2, 0.25) is 6.23 Å². The van der Waals surface area contributed by atoms with Gasteiger partial charge < -0.3 is 14.6 Å². The van der Waals surface area contributed by atoms with Gasteiger partial charge in [-0.2, -0.15) is 0 Å². The zero-order chi connectivity index (χ0) is 14.3. The molecule has 3 atom stereocenters. The van der Waals surface area contributed by atoms with Gasteiger partial charge in [0.15, 0.2) is 0 Å². The Morgan fingerprint density at radius 3 is 2.80 bits per heavy atom. The smallest absolute Gasteiger partial charge is 0.416 e. The average Bonchev–Trinajstić information content (AvgIpc) is 2.47.